The first-order valence-corrected chi connectivity index (χ1v) is 5.37. The van der Waals surface area contributed by atoms with Crippen LogP contribution in [0, 0.1) is 16.2 Å². The summed E-state index contributed by atoms with van der Waals surface area (Å²) >= 11 is 0. The van der Waals surface area contributed by atoms with Gasteiger partial charge in [-0.05, 0) is 41.9 Å². The first kappa shape index (κ1) is 8.59. The number of hydrogen-bond acceptors (Lipinski definition) is 0. The summed E-state index contributed by atoms with van der Waals surface area (Å²) < 4.78 is 0. The van der Waals surface area contributed by atoms with E-state index in [1.807, 2.05) is 0 Å². The van der Waals surface area contributed by atoms with E-state index in [-0.39, 0.29) is 0 Å². The summed E-state index contributed by atoms with van der Waals surface area (Å²) in [6.07, 6.45) is 7.40. The average Bonchev–Trinajstić information content (AvgIpc) is 2.05. The second kappa shape index (κ2) is 2.08. The Morgan fingerprint density at radius 2 is 1.42 bits per heavy atom. The highest BCUT2D eigenvalue weighted by atomic mass is 14.6. The van der Waals surface area contributed by atoms with Gasteiger partial charge in [0.25, 0.3) is 0 Å². The molecule has 0 radical (unpaired) electrons. The molecular formula is C12H22. The first-order valence-electron chi connectivity index (χ1n) is 5.37. The minimum absolute atomic E-state index is 0.641. The van der Waals surface area contributed by atoms with Crippen molar-refractivity contribution in [2.24, 2.45) is 16.2 Å². The Labute approximate surface area is 76.7 Å². The van der Waals surface area contributed by atoms with Crippen LogP contribution in [0.15, 0.2) is 0 Å². The molecule has 1 spiro atoms. The van der Waals surface area contributed by atoms with Crippen LogP contribution < -0.4 is 0 Å². The van der Waals surface area contributed by atoms with Crippen molar-refractivity contribution in [1.29, 1.82) is 0 Å². The van der Waals surface area contributed by atoms with E-state index in [0.29, 0.717) is 10.8 Å². The second-order valence-electron chi connectivity index (χ2n) is 6.54. The van der Waals surface area contributed by atoms with Crippen LogP contribution in [0.3, 0.4) is 0 Å². The van der Waals surface area contributed by atoms with Crippen LogP contribution in [-0.4, -0.2) is 0 Å². The Morgan fingerprint density at radius 1 is 0.833 bits per heavy atom. The molecule has 0 aromatic carbocycles. The quantitative estimate of drug-likeness (QED) is 0.510. The van der Waals surface area contributed by atoms with Crippen molar-refractivity contribution in [3.63, 3.8) is 0 Å². The standard InChI is InChI=1S/C12H22/c1-10(2)8-12(9-10)7-5-6-11(12,3)4/h5-9H2,1-4H3. The summed E-state index contributed by atoms with van der Waals surface area (Å²) in [5, 5.41) is 0. The molecule has 0 amide bonds. The zero-order valence-electron chi connectivity index (χ0n) is 9.04. The van der Waals surface area contributed by atoms with E-state index < -0.39 is 0 Å². The zero-order valence-corrected chi connectivity index (χ0v) is 9.04. The average molecular weight is 166 g/mol. The van der Waals surface area contributed by atoms with Gasteiger partial charge in [-0.3, -0.25) is 0 Å². The molecule has 2 aliphatic rings. The Bertz CT molecular complexity index is 190. The van der Waals surface area contributed by atoms with Gasteiger partial charge in [0.2, 0.25) is 0 Å². The van der Waals surface area contributed by atoms with E-state index in [4.69, 9.17) is 0 Å². The van der Waals surface area contributed by atoms with Gasteiger partial charge < -0.3 is 0 Å². The molecule has 12 heavy (non-hydrogen) atoms. The summed E-state index contributed by atoms with van der Waals surface area (Å²) in [7, 11) is 0. The molecule has 2 fully saturated rings. The molecule has 0 aromatic heterocycles. The van der Waals surface area contributed by atoms with E-state index in [9.17, 15) is 0 Å². The molecule has 0 aliphatic heterocycles. The SMILES string of the molecule is CC1(C)CC2(CCCC2(C)C)C1. The third-order valence-corrected chi connectivity index (χ3v) is 4.53. The van der Waals surface area contributed by atoms with Crippen LogP contribution in [0.4, 0.5) is 0 Å². The van der Waals surface area contributed by atoms with E-state index in [0.717, 1.165) is 5.41 Å². The van der Waals surface area contributed by atoms with Crippen molar-refractivity contribution < 1.29 is 0 Å². The molecule has 0 bridgehead atoms. The van der Waals surface area contributed by atoms with Gasteiger partial charge in [0, 0.05) is 0 Å². The monoisotopic (exact) mass is 166 g/mol. The summed E-state index contributed by atoms with van der Waals surface area (Å²) in [5.41, 5.74) is 2.04. The van der Waals surface area contributed by atoms with Crippen LogP contribution >= 0.6 is 0 Å². The highest BCUT2D eigenvalue weighted by molar-refractivity contribution is 5.08. The second-order valence-corrected chi connectivity index (χ2v) is 6.54. The maximum atomic E-state index is 2.48. The lowest BCUT2D eigenvalue weighted by molar-refractivity contribution is -0.0827. The van der Waals surface area contributed by atoms with Gasteiger partial charge in [-0.2, -0.15) is 0 Å². The van der Waals surface area contributed by atoms with Crippen LogP contribution in [0.2, 0.25) is 0 Å². The van der Waals surface area contributed by atoms with Gasteiger partial charge in [0.1, 0.15) is 0 Å². The Kier molecular flexibility index (Phi) is 1.49. The van der Waals surface area contributed by atoms with Gasteiger partial charge in [0.05, 0.1) is 0 Å². The van der Waals surface area contributed by atoms with Crippen molar-refractivity contribution >= 4 is 0 Å². The molecule has 0 saturated heterocycles. The van der Waals surface area contributed by atoms with Crippen molar-refractivity contribution in [2.75, 3.05) is 0 Å². The Hall–Kier alpha value is 0. The zero-order chi connectivity index (χ0) is 9.04. The fraction of sp³-hybridized carbons (Fsp3) is 1.00. The lowest BCUT2D eigenvalue weighted by Crippen LogP contribution is -2.49. The normalized spacial score (nSPS) is 35.0. The molecule has 0 heteroatoms. The summed E-state index contributed by atoms with van der Waals surface area (Å²) in [4.78, 5) is 0. The fourth-order valence-electron chi connectivity index (χ4n) is 3.91. The number of rotatable bonds is 0. The lowest BCUT2D eigenvalue weighted by atomic mass is 9.47. The summed E-state index contributed by atoms with van der Waals surface area (Å²) in [6.45, 7) is 9.81. The van der Waals surface area contributed by atoms with Crippen molar-refractivity contribution in [1.82, 2.24) is 0 Å². The van der Waals surface area contributed by atoms with E-state index in [1.54, 1.807) is 0 Å². The Morgan fingerprint density at radius 3 is 1.75 bits per heavy atom. The first-order chi connectivity index (χ1) is 5.37. The molecule has 0 N–H and O–H groups in total. The Balaban J connectivity index is 2.15. The van der Waals surface area contributed by atoms with Crippen molar-refractivity contribution in [2.45, 2.75) is 59.8 Å². The minimum atomic E-state index is 0.641. The van der Waals surface area contributed by atoms with Crippen molar-refractivity contribution in [3.05, 3.63) is 0 Å². The van der Waals surface area contributed by atoms with E-state index >= 15 is 0 Å². The van der Waals surface area contributed by atoms with Crippen LogP contribution in [0.5, 0.6) is 0 Å². The molecule has 0 heterocycles. The third-order valence-electron chi connectivity index (χ3n) is 4.53. The molecule has 2 saturated carbocycles. The van der Waals surface area contributed by atoms with Crippen molar-refractivity contribution in [3.8, 4) is 0 Å². The topological polar surface area (TPSA) is 0 Å². The molecule has 0 atom stereocenters. The summed E-state index contributed by atoms with van der Waals surface area (Å²) in [6, 6.07) is 0. The summed E-state index contributed by atoms with van der Waals surface area (Å²) in [5.74, 6) is 0. The van der Waals surface area contributed by atoms with Gasteiger partial charge in [-0.25, -0.2) is 0 Å². The molecular weight excluding hydrogens is 144 g/mol. The fourth-order valence-corrected chi connectivity index (χ4v) is 3.91. The minimum Gasteiger partial charge on any atom is -0.0599 e. The third kappa shape index (κ3) is 0.963. The van der Waals surface area contributed by atoms with Crippen LogP contribution in [0.25, 0.3) is 0 Å². The van der Waals surface area contributed by atoms with Gasteiger partial charge in [-0.1, -0.05) is 34.1 Å². The van der Waals surface area contributed by atoms with E-state index in [2.05, 4.69) is 27.7 Å². The highest BCUT2D eigenvalue weighted by Crippen LogP contribution is 2.69. The van der Waals surface area contributed by atoms with E-state index in [1.165, 1.54) is 32.1 Å². The lowest BCUT2D eigenvalue weighted by Gasteiger charge is -2.58. The molecule has 0 aromatic rings. The van der Waals surface area contributed by atoms with Gasteiger partial charge >= 0.3 is 0 Å². The molecule has 70 valence electrons. The largest absolute Gasteiger partial charge is 0.0599 e. The maximum Gasteiger partial charge on any atom is -0.0236 e. The molecule has 0 nitrogen and oxygen atoms in total. The molecule has 0 unspecified atom stereocenters. The smallest absolute Gasteiger partial charge is 0.0236 e. The van der Waals surface area contributed by atoms with Gasteiger partial charge in [-0.15, -0.1) is 0 Å². The van der Waals surface area contributed by atoms with Crippen LogP contribution in [0.1, 0.15) is 59.8 Å². The van der Waals surface area contributed by atoms with Crippen LogP contribution in [-0.2, 0) is 0 Å². The predicted molar refractivity (Wildman–Crippen MR) is 53.1 cm³/mol. The van der Waals surface area contributed by atoms with Gasteiger partial charge in [0.15, 0.2) is 0 Å². The molecule has 2 rings (SSSR count). The number of hydrogen-bond donors (Lipinski definition) is 0. The molecule has 2 aliphatic carbocycles. The maximum absolute atomic E-state index is 2.48. The predicted octanol–water partition coefficient (Wildman–Crippen LogP) is 4.00. The highest BCUT2D eigenvalue weighted by Gasteiger charge is 2.58.